The molecule has 0 aromatic heterocycles. The first-order valence-electron chi connectivity index (χ1n) is 12.4. The van der Waals surface area contributed by atoms with Crippen LogP contribution in [-0.4, -0.2) is 15.1 Å². The van der Waals surface area contributed by atoms with E-state index in [1.165, 1.54) is 33.4 Å². The summed E-state index contributed by atoms with van der Waals surface area (Å²) < 4.78 is 19.7. The summed E-state index contributed by atoms with van der Waals surface area (Å²) in [5.41, 5.74) is 7.60. The second kappa shape index (κ2) is 11.1. The molecular weight excluding hydrogens is 423 g/mol. The van der Waals surface area contributed by atoms with Crippen LogP contribution >= 0.6 is 0 Å². The third-order valence-corrected chi connectivity index (χ3v) is 7.48. The summed E-state index contributed by atoms with van der Waals surface area (Å²) in [6, 6.07) is 19.0. The zero-order valence-corrected chi connectivity index (χ0v) is 21.6. The Balaban J connectivity index is 1.81. The lowest BCUT2D eigenvalue weighted by Gasteiger charge is -2.27. The number of para-hydroxylation sites is 1. The van der Waals surface area contributed by atoms with Crippen molar-refractivity contribution in [1.82, 2.24) is 0 Å². The molecule has 0 radical (unpaired) electrons. The van der Waals surface area contributed by atoms with E-state index in [1.54, 1.807) is 0 Å². The van der Waals surface area contributed by atoms with Gasteiger partial charge in [0.2, 0.25) is 0 Å². The minimum atomic E-state index is -2.56. The van der Waals surface area contributed by atoms with E-state index in [4.69, 9.17) is 11.4 Å². The van der Waals surface area contributed by atoms with E-state index >= 15 is 0 Å². The zero-order valence-electron chi connectivity index (χ0n) is 20.4. The van der Waals surface area contributed by atoms with Crippen LogP contribution in [0.2, 0.25) is 0 Å². The fourth-order valence-corrected chi connectivity index (χ4v) is 6.12. The number of aryl methyl sites for hydroxylation is 4. The molecule has 0 N–H and O–H groups in total. The summed E-state index contributed by atoms with van der Waals surface area (Å²) in [5, 5.41) is 0. The quantitative estimate of drug-likeness (QED) is 0.329. The summed E-state index contributed by atoms with van der Waals surface area (Å²) in [6.45, 7) is 8.83. The molecule has 33 heavy (non-hydrogen) atoms. The lowest BCUT2D eigenvalue weighted by atomic mass is 9.93. The Bertz CT molecular complexity index is 1010. The standard InChI is InChI=1S/C23H32O2.C6H6O.Al/c1-5-7-9-18-11-16(3)13-20(22(18)24)15-21-14-17(4)12-19(23(21)25)10-8-6-2;7-6-4-2-1-3-5-6;/h11-14,24-25H,5-10,15H2,1-4H3;1-5,7H;/q;;+3/p-3. The van der Waals surface area contributed by atoms with Crippen molar-refractivity contribution < 1.29 is 11.4 Å². The second-order valence-electron chi connectivity index (χ2n) is 9.16. The van der Waals surface area contributed by atoms with Crippen LogP contribution in [0.3, 0.4) is 0 Å². The van der Waals surface area contributed by atoms with Crippen molar-refractivity contribution in [3.05, 3.63) is 88.0 Å². The fraction of sp³-hybridized carbons (Fsp3) is 0.379. The Morgan fingerprint density at radius 1 is 0.758 bits per heavy atom. The van der Waals surface area contributed by atoms with E-state index in [0.29, 0.717) is 0 Å². The van der Waals surface area contributed by atoms with Gasteiger partial charge in [0.1, 0.15) is 0 Å². The lowest BCUT2D eigenvalue weighted by molar-refractivity contribution is 0.299. The molecule has 1 heterocycles. The van der Waals surface area contributed by atoms with E-state index < -0.39 is 15.1 Å². The highest BCUT2D eigenvalue weighted by molar-refractivity contribution is 6.39. The van der Waals surface area contributed by atoms with Crippen molar-refractivity contribution in [2.45, 2.75) is 72.6 Å². The number of hydrogen-bond donors (Lipinski definition) is 0. The van der Waals surface area contributed by atoms with Gasteiger partial charge in [0.25, 0.3) is 0 Å². The van der Waals surface area contributed by atoms with Gasteiger partial charge in [-0.15, -0.1) is 0 Å². The Hall–Kier alpha value is -2.41. The first-order valence-corrected chi connectivity index (χ1v) is 13.8. The van der Waals surface area contributed by atoms with Crippen molar-refractivity contribution in [3.63, 3.8) is 0 Å². The van der Waals surface area contributed by atoms with Crippen LogP contribution in [0.15, 0.2) is 54.6 Å². The highest BCUT2D eigenvalue weighted by Gasteiger charge is 2.47. The molecule has 0 saturated carbocycles. The van der Waals surface area contributed by atoms with Crippen LogP contribution in [0.5, 0.6) is 17.2 Å². The lowest BCUT2D eigenvalue weighted by Crippen LogP contribution is -2.39. The number of hydrogen-bond acceptors (Lipinski definition) is 3. The summed E-state index contributed by atoms with van der Waals surface area (Å²) in [7, 11) is 0. The molecule has 4 heteroatoms. The van der Waals surface area contributed by atoms with Crippen molar-refractivity contribution >= 4 is 15.1 Å². The monoisotopic (exact) mass is 458 g/mol. The minimum Gasteiger partial charge on any atom is -0.577 e. The molecule has 1 aliphatic heterocycles. The molecular formula is C29H35AlO3. The van der Waals surface area contributed by atoms with Crippen molar-refractivity contribution in [2.75, 3.05) is 0 Å². The molecule has 0 fully saturated rings. The number of unbranched alkanes of at least 4 members (excludes halogenated alkanes) is 2. The number of fused-ring (bicyclic) bond motifs is 2. The van der Waals surface area contributed by atoms with Gasteiger partial charge in [0.15, 0.2) is 0 Å². The van der Waals surface area contributed by atoms with Crippen molar-refractivity contribution in [1.29, 1.82) is 0 Å². The zero-order chi connectivity index (χ0) is 23.2. The van der Waals surface area contributed by atoms with Gasteiger partial charge in [0, 0.05) is 6.42 Å². The molecule has 0 bridgehead atoms. The van der Waals surface area contributed by atoms with E-state index in [0.717, 1.165) is 62.2 Å². The molecule has 172 valence electrons. The van der Waals surface area contributed by atoms with E-state index in [-0.39, 0.29) is 0 Å². The Kier molecular flexibility index (Phi) is 8.02. The Morgan fingerprint density at radius 2 is 1.27 bits per heavy atom. The topological polar surface area (TPSA) is 27.7 Å². The average molecular weight is 459 g/mol. The fourth-order valence-electron chi connectivity index (χ4n) is 4.61. The molecule has 4 rings (SSSR count). The molecule has 1 aliphatic rings. The molecule has 0 saturated heterocycles. The summed E-state index contributed by atoms with van der Waals surface area (Å²) in [5.74, 6) is 2.75. The highest BCUT2D eigenvalue weighted by Crippen LogP contribution is 2.37. The van der Waals surface area contributed by atoms with Gasteiger partial charge in [-0.05, 0) is 73.9 Å². The van der Waals surface area contributed by atoms with Gasteiger partial charge in [0.05, 0.1) is 17.2 Å². The van der Waals surface area contributed by atoms with Gasteiger partial charge in [-0.1, -0.05) is 80.3 Å². The van der Waals surface area contributed by atoms with Crippen LogP contribution in [0.4, 0.5) is 0 Å². The van der Waals surface area contributed by atoms with Crippen LogP contribution in [-0.2, 0) is 19.3 Å². The molecule has 0 aliphatic carbocycles. The Morgan fingerprint density at radius 3 is 1.76 bits per heavy atom. The van der Waals surface area contributed by atoms with Crippen molar-refractivity contribution in [2.24, 2.45) is 0 Å². The summed E-state index contributed by atoms with van der Waals surface area (Å²) >= 11 is -2.56. The van der Waals surface area contributed by atoms with E-state index in [2.05, 4.69) is 52.0 Å². The Labute approximate surface area is 204 Å². The predicted molar refractivity (Wildman–Crippen MR) is 136 cm³/mol. The third-order valence-electron chi connectivity index (χ3n) is 6.16. The molecule has 3 aromatic carbocycles. The molecule has 0 unspecified atom stereocenters. The molecule has 0 spiro atoms. The van der Waals surface area contributed by atoms with Gasteiger partial charge in [-0.3, -0.25) is 0 Å². The second-order valence-corrected chi connectivity index (χ2v) is 10.4. The van der Waals surface area contributed by atoms with E-state index in [1.807, 2.05) is 30.3 Å². The van der Waals surface area contributed by atoms with Crippen molar-refractivity contribution in [3.8, 4) is 17.2 Å². The minimum absolute atomic E-state index is 0.794. The summed E-state index contributed by atoms with van der Waals surface area (Å²) in [4.78, 5) is 0. The number of benzene rings is 3. The number of rotatable bonds is 8. The van der Waals surface area contributed by atoms with Crippen LogP contribution < -0.4 is 11.4 Å². The normalized spacial score (nSPS) is 12.7. The summed E-state index contributed by atoms with van der Waals surface area (Å²) in [6.07, 6.45) is 7.43. The third kappa shape index (κ3) is 5.94. The first kappa shape index (κ1) is 23.7. The van der Waals surface area contributed by atoms with Crippen LogP contribution in [0, 0.1) is 13.8 Å². The van der Waals surface area contributed by atoms with Gasteiger partial charge >= 0.3 is 15.1 Å². The SMILES string of the molecule is CCCCc1cc(C)cc2c1[O][Al]([O]c1ccccc1)[O]c1c(CCCC)cc(C)cc1C2. The van der Waals surface area contributed by atoms with Gasteiger partial charge in [-0.2, -0.15) is 0 Å². The maximum atomic E-state index is 6.67. The van der Waals surface area contributed by atoms with Gasteiger partial charge in [-0.25, -0.2) is 0 Å². The first-order chi connectivity index (χ1) is 16.1. The van der Waals surface area contributed by atoms with Crippen LogP contribution in [0.1, 0.15) is 72.9 Å². The van der Waals surface area contributed by atoms with Gasteiger partial charge < -0.3 is 11.4 Å². The average Bonchev–Trinajstić information content (AvgIpc) is 2.79. The largest absolute Gasteiger partial charge is 1.20 e. The molecule has 0 atom stereocenters. The molecule has 0 amide bonds. The maximum absolute atomic E-state index is 6.67. The molecule has 3 nitrogen and oxygen atoms in total. The molecule has 3 aromatic rings. The highest BCUT2D eigenvalue weighted by atomic mass is 27.3. The maximum Gasteiger partial charge on any atom is 1.20 e. The van der Waals surface area contributed by atoms with E-state index in [9.17, 15) is 0 Å². The predicted octanol–water partition coefficient (Wildman–Crippen LogP) is 7.41. The smallest absolute Gasteiger partial charge is 0.577 e. The van der Waals surface area contributed by atoms with Crippen LogP contribution in [0.25, 0.3) is 0 Å².